The summed E-state index contributed by atoms with van der Waals surface area (Å²) in [6, 6.07) is 5.83. The topological polar surface area (TPSA) is 16.1 Å². The third-order valence-electron chi connectivity index (χ3n) is 1.84. The zero-order valence-corrected chi connectivity index (χ0v) is 8.83. The molecule has 1 unspecified atom stereocenters. The molecule has 0 aliphatic heterocycles. The molecule has 1 atom stereocenters. The highest BCUT2D eigenvalue weighted by molar-refractivity contribution is 6.20. The number of rotatable bonds is 4. The fourth-order valence-electron chi connectivity index (χ4n) is 1.08. The predicted molar refractivity (Wildman–Crippen MR) is 56.0 cm³/mol. The van der Waals surface area contributed by atoms with Crippen LogP contribution in [0.4, 0.5) is 0 Å². The summed E-state index contributed by atoms with van der Waals surface area (Å²) in [5.41, 5.74) is 0.964. The van der Waals surface area contributed by atoms with E-state index in [1.165, 1.54) is 0 Å². The first-order valence-corrected chi connectivity index (χ1v) is 4.83. The van der Waals surface area contributed by atoms with Crippen LogP contribution in [0.25, 0.3) is 0 Å². The van der Waals surface area contributed by atoms with Crippen LogP contribution in [0.5, 0.6) is 0 Å². The molecule has 0 aliphatic carbocycles. The second kappa shape index (κ2) is 5.20. The van der Waals surface area contributed by atoms with E-state index in [-0.39, 0.29) is 5.38 Å². The van der Waals surface area contributed by atoms with Gasteiger partial charge in [0, 0.05) is 6.20 Å². The monoisotopic (exact) mass is 198 g/mol. The lowest BCUT2D eigenvalue weighted by Gasteiger charge is -2.12. The normalized spacial score (nSPS) is 13.2. The van der Waals surface area contributed by atoms with Gasteiger partial charge in [0.05, 0.1) is 11.1 Å². The number of hydrogen-bond donors (Lipinski definition) is 0. The minimum atomic E-state index is 0.0311. The van der Waals surface area contributed by atoms with Gasteiger partial charge < -0.3 is 4.90 Å². The molecular weight excluding hydrogens is 184 g/mol. The van der Waals surface area contributed by atoms with Gasteiger partial charge in [-0.25, -0.2) is 0 Å². The molecule has 0 radical (unpaired) electrons. The van der Waals surface area contributed by atoms with E-state index in [4.69, 9.17) is 11.6 Å². The molecule has 1 heterocycles. The number of nitrogens with zero attached hydrogens (tertiary/aromatic N) is 2. The van der Waals surface area contributed by atoms with Crippen molar-refractivity contribution in [1.29, 1.82) is 0 Å². The number of pyridine rings is 1. The molecule has 0 aliphatic rings. The van der Waals surface area contributed by atoms with Crippen LogP contribution in [0.2, 0.25) is 0 Å². The molecule has 1 aromatic rings. The molecule has 0 amide bonds. The van der Waals surface area contributed by atoms with Crippen LogP contribution in [-0.4, -0.2) is 30.5 Å². The average molecular weight is 199 g/mol. The molecule has 0 saturated carbocycles. The molecular formula is C10H15ClN2. The summed E-state index contributed by atoms with van der Waals surface area (Å²) in [6.45, 7) is 0.991. The molecule has 1 rings (SSSR count). The van der Waals surface area contributed by atoms with Crippen molar-refractivity contribution in [2.45, 2.75) is 11.8 Å². The van der Waals surface area contributed by atoms with Crippen molar-refractivity contribution in [3.63, 3.8) is 0 Å². The van der Waals surface area contributed by atoms with Crippen molar-refractivity contribution in [3.05, 3.63) is 30.1 Å². The van der Waals surface area contributed by atoms with Gasteiger partial charge in [0.1, 0.15) is 0 Å². The van der Waals surface area contributed by atoms with Gasteiger partial charge in [0.15, 0.2) is 0 Å². The fourth-order valence-corrected chi connectivity index (χ4v) is 1.31. The Morgan fingerprint density at radius 3 is 2.77 bits per heavy atom. The van der Waals surface area contributed by atoms with Gasteiger partial charge in [-0.05, 0) is 39.2 Å². The maximum absolute atomic E-state index is 6.16. The molecule has 3 heteroatoms. The highest BCUT2D eigenvalue weighted by Gasteiger charge is 2.08. The van der Waals surface area contributed by atoms with Gasteiger partial charge in [0.2, 0.25) is 0 Å². The molecule has 72 valence electrons. The van der Waals surface area contributed by atoms with Gasteiger partial charge in [-0.2, -0.15) is 0 Å². The zero-order valence-electron chi connectivity index (χ0n) is 8.07. The van der Waals surface area contributed by atoms with Crippen LogP contribution in [0.3, 0.4) is 0 Å². The fraction of sp³-hybridized carbons (Fsp3) is 0.500. The first kappa shape index (κ1) is 10.5. The molecule has 0 spiro atoms. The summed E-state index contributed by atoms with van der Waals surface area (Å²) in [4.78, 5) is 6.33. The van der Waals surface area contributed by atoms with Crippen LogP contribution < -0.4 is 0 Å². The summed E-state index contributed by atoms with van der Waals surface area (Å²) in [6.07, 6.45) is 2.71. The van der Waals surface area contributed by atoms with Crippen LogP contribution in [0.1, 0.15) is 17.5 Å². The molecule has 0 aromatic carbocycles. The third kappa shape index (κ3) is 3.75. The first-order valence-electron chi connectivity index (χ1n) is 4.40. The first-order chi connectivity index (χ1) is 6.20. The molecule has 0 fully saturated rings. The lowest BCUT2D eigenvalue weighted by molar-refractivity contribution is 0.397. The van der Waals surface area contributed by atoms with E-state index in [2.05, 4.69) is 9.88 Å². The van der Waals surface area contributed by atoms with Crippen molar-refractivity contribution < 1.29 is 0 Å². The Balaban J connectivity index is 2.44. The number of halogens is 1. The van der Waals surface area contributed by atoms with E-state index in [9.17, 15) is 0 Å². The Bertz CT molecular complexity index is 236. The Labute approximate surface area is 84.5 Å². The van der Waals surface area contributed by atoms with E-state index >= 15 is 0 Å². The van der Waals surface area contributed by atoms with E-state index in [0.717, 1.165) is 18.7 Å². The third-order valence-corrected chi connectivity index (χ3v) is 2.28. The molecule has 1 aromatic heterocycles. The average Bonchev–Trinajstić information content (AvgIpc) is 2.15. The summed E-state index contributed by atoms with van der Waals surface area (Å²) in [5.74, 6) is 0. The maximum atomic E-state index is 6.16. The van der Waals surface area contributed by atoms with E-state index in [1.54, 1.807) is 6.20 Å². The summed E-state index contributed by atoms with van der Waals surface area (Å²) in [5, 5.41) is 0.0311. The lowest BCUT2D eigenvalue weighted by atomic mass is 10.2. The quantitative estimate of drug-likeness (QED) is 0.691. The smallest absolute Gasteiger partial charge is 0.0769 e. The molecule has 13 heavy (non-hydrogen) atoms. The summed E-state index contributed by atoms with van der Waals surface area (Å²) >= 11 is 6.16. The highest BCUT2D eigenvalue weighted by atomic mass is 35.5. The number of aromatic nitrogens is 1. The second-order valence-corrected chi connectivity index (χ2v) is 3.84. The molecule has 0 saturated heterocycles. The van der Waals surface area contributed by atoms with E-state index in [1.807, 2.05) is 32.3 Å². The van der Waals surface area contributed by atoms with Gasteiger partial charge in [-0.1, -0.05) is 6.07 Å². The van der Waals surface area contributed by atoms with Crippen LogP contribution in [0, 0.1) is 0 Å². The lowest BCUT2D eigenvalue weighted by Crippen LogP contribution is -2.14. The van der Waals surface area contributed by atoms with Crippen molar-refractivity contribution >= 4 is 11.6 Å². The maximum Gasteiger partial charge on any atom is 0.0769 e. The highest BCUT2D eigenvalue weighted by Crippen LogP contribution is 2.21. The van der Waals surface area contributed by atoms with Gasteiger partial charge in [-0.15, -0.1) is 11.6 Å². The van der Waals surface area contributed by atoms with Crippen molar-refractivity contribution in [2.75, 3.05) is 20.6 Å². The number of alkyl halides is 1. The standard InChI is InChI=1S/C10H15ClN2/c1-13(2)8-6-9(11)10-5-3-4-7-12-10/h3-5,7,9H,6,8H2,1-2H3. The molecule has 0 bridgehead atoms. The largest absolute Gasteiger partial charge is 0.309 e. The predicted octanol–water partition coefficient (Wildman–Crippen LogP) is 2.31. The number of hydrogen-bond acceptors (Lipinski definition) is 2. The Kier molecular flexibility index (Phi) is 4.19. The van der Waals surface area contributed by atoms with Crippen molar-refractivity contribution in [1.82, 2.24) is 9.88 Å². The zero-order chi connectivity index (χ0) is 9.68. The van der Waals surface area contributed by atoms with Crippen LogP contribution >= 0.6 is 11.6 Å². The molecule has 2 nitrogen and oxygen atoms in total. The minimum absolute atomic E-state index is 0.0311. The Morgan fingerprint density at radius 1 is 1.46 bits per heavy atom. The summed E-state index contributed by atoms with van der Waals surface area (Å²) < 4.78 is 0. The minimum Gasteiger partial charge on any atom is -0.309 e. The van der Waals surface area contributed by atoms with Crippen LogP contribution in [-0.2, 0) is 0 Å². The van der Waals surface area contributed by atoms with Gasteiger partial charge in [0.25, 0.3) is 0 Å². The van der Waals surface area contributed by atoms with Crippen molar-refractivity contribution in [2.24, 2.45) is 0 Å². The summed E-state index contributed by atoms with van der Waals surface area (Å²) in [7, 11) is 4.09. The van der Waals surface area contributed by atoms with E-state index < -0.39 is 0 Å². The second-order valence-electron chi connectivity index (χ2n) is 3.31. The Morgan fingerprint density at radius 2 is 2.23 bits per heavy atom. The molecule has 0 N–H and O–H groups in total. The van der Waals surface area contributed by atoms with Gasteiger partial charge >= 0.3 is 0 Å². The van der Waals surface area contributed by atoms with E-state index in [0.29, 0.717) is 0 Å². The van der Waals surface area contributed by atoms with Crippen molar-refractivity contribution in [3.8, 4) is 0 Å². The Hall–Kier alpha value is -0.600. The van der Waals surface area contributed by atoms with Gasteiger partial charge in [-0.3, -0.25) is 4.98 Å². The SMILES string of the molecule is CN(C)CCC(Cl)c1ccccn1. The van der Waals surface area contributed by atoms with Crippen LogP contribution in [0.15, 0.2) is 24.4 Å².